The van der Waals surface area contributed by atoms with Crippen molar-refractivity contribution in [3.63, 3.8) is 0 Å². The summed E-state index contributed by atoms with van der Waals surface area (Å²) in [6.07, 6.45) is -1.01. The van der Waals surface area contributed by atoms with Gasteiger partial charge in [0.25, 0.3) is 0 Å². The number of anilines is 2. The first-order valence-corrected chi connectivity index (χ1v) is 10.2. The number of rotatable bonds is 8. The first-order chi connectivity index (χ1) is 15.6. The second kappa shape index (κ2) is 11.5. The average molecular weight is 434 g/mol. The number of amides is 2. The predicted molar refractivity (Wildman–Crippen MR) is 125 cm³/mol. The second-order valence-electron chi connectivity index (χ2n) is 7.15. The van der Waals surface area contributed by atoms with Crippen molar-refractivity contribution in [3.05, 3.63) is 95.6 Å². The lowest BCUT2D eigenvalue weighted by atomic mass is 9.90. The van der Waals surface area contributed by atoms with Crippen LogP contribution < -0.4 is 16.0 Å². The average Bonchev–Trinajstić information content (AvgIpc) is 2.83. The maximum atomic E-state index is 11.4. The van der Waals surface area contributed by atoms with Gasteiger partial charge in [-0.1, -0.05) is 54.6 Å². The largest absolute Gasteiger partial charge is 0.453 e. The molecule has 3 N–H and O–H groups in total. The molecule has 7 nitrogen and oxygen atoms in total. The van der Waals surface area contributed by atoms with Crippen LogP contribution >= 0.6 is 0 Å². The molecule has 2 amide bonds. The Labute approximate surface area is 187 Å². The molecule has 0 heterocycles. The molecule has 0 radical (unpaired) electrons. The number of carbonyl (C=O) groups excluding carboxylic acids is 2. The van der Waals surface area contributed by atoms with Gasteiger partial charge in [-0.05, 0) is 41.0 Å². The van der Waals surface area contributed by atoms with Crippen molar-refractivity contribution in [3.8, 4) is 0 Å². The van der Waals surface area contributed by atoms with Crippen LogP contribution in [0, 0.1) is 0 Å². The summed E-state index contributed by atoms with van der Waals surface area (Å²) < 4.78 is 9.29. The molecule has 32 heavy (non-hydrogen) atoms. The van der Waals surface area contributed by atoms with E-state index in [1.807, 2.05) is 66.7 Å². The van der Waals surface area contributed by atoms with Crippen molar-refractivity contribution in [2.24, 2.45) is 0 Å². The van der Waals surface area contributed by atoms with Gasteiger partial charge in [-0.25, -0.2) is 9.59 Å². The van der Waals surface area contributed by atoms with Gasteiger partial charge in [-0.3, -0.25) is 10.6 Å². The van der Waals surface area contributed by atoms with Crippen LogP contribution in [0.3, 0.4) is 0 Å². The lowest BCUT2D eigenvalue weighted by Gasteiger charge is -2.20. The predicted octanol–water partition coefficient (Wildman–Crippen LogP) is 4.96. The number of methoxy groups -OCH3 is 2. The number of ether oxygens (including phenoxy) is 2. The standard InChI is InChI=1S/C25H27N3O4/c1-31-24(29)27-21-12-8-19(9-13-21)23(17-26-16-18-6-4-3-5-7-18)20-10-14-22(15-11-20)28-25(30)32-2/h3-15,23,26H,16-17H2,1-2H3,(H,27,29)(H,28,30). The summed E-state index contributed by atoms with van der Waals surface area (Å²) in [5.74, 6) is 0.0677. The van der Waals surface area contributed by atoms with E-state index < -0.39 is 12.2 Å². The van der Waals surface area contributed by atoms with Gasteiger partial charge >= 0.3 is 12.2 Å². The number of hydrogen-bond donors (Lipinski definition) is 3. The molecule has 0 spiro atoms. The van der Waals surface area contributed by atoms with Gasteiger partial charge in [-0.2, -0.15) is 0 Å². The molecule has 0 aliphatic carbocycles. The van der Waals surface area contributed by atoms with Crippen LogP contribution in [0.4, 0.5) is 21.0 Å². The van der Waals surface area contributed by atoms with Crippen molar-refractivity contribution in [2.75, 3.05) is 31.4 Å². The Morgan fingerprint density at radius 1 is 0.719 bits per heavy atom. The SMILES string of the molecule is COC(=O)Nc1ccc(C(CNCc2ccccc2)c2ccc(NC(=O)OC)cc2)cc1. The van der Waals surface area contributed by atoms with Gasteiger partial charge in [0.15, 0.2) is 0 Å². The van der Waals surface area contributed by atoms with E-state index in [0.717, 1.165) is 17.7 Å². The van der Waals surface area contributed by atoms with E-state index in [1.54, 1.807) is 0 Å². The number of benzene rings is 3. The Morgan fingerprint density at radius 3 is 1.62 bits per heavy atom. The van der Waals surface area contributed by atoms with Crippen LogP contribution in [-0.2, 0) is 16.0 Å². The molecule has 0 atom stereocenters. The Kier molecular flexibility index (Phi) is 8.22. The van der Waals surface area contributed by atoms with E-state index in [0.29, 0.717) is 17.9 Å². The molecular weight excluding hydrogens is 406 g/mol. The summed E-state index contributed by atoms with van der Waals surface area (Å²) in [4.78, 5) is 22.9. The summed E-state index contributed by atoms with van der Waals surface area (Å²) >= 11 is 0. The van der Waals surface area contributed by atoms with Gasteiger partial charge in [-0.15, -0.1) is 0 Å². The number of nitrogens with one attached hydrogen (secondary N) is 3. The van der Waals surface area contributed by atoms with Crippen LogP contribution in [0.5, 0.6) is 0 Å². The maximum absolute atomic E-state index is 11.4. The normalized spacial score (nSPS) is 10.5. The molecule has 0 saturated carbocycles. The van der Waals surface area contributed by atoms with Gasteiger partial charge in [0.2, 0.25) is 0 Å². The summed E-state index contributed by atoms with van der Waals surface area (Å²) in [5.41, 5.74) is 4.72. The molecule has 3 aromatic rings. The zero-order valence-corrected chi connectivity index (χ0v) is 18.1. The number of carbonyl (C=O) groups is 2. The minimum Gasteiger partial charge on any atom is -0.453 e. The molecule has 3 aromatic carbocycles. The van der Waals surface area contributed by atoms with E-state index >= 15 is 0 Å². The summed E-state index contributed by atoms with van der Waals surface area (Å²) in [6, 6.07) is 25.6. The third-order valence-corrected chi connectivity index (χ3v) is 5.01. The maximum Gasteiger partial charge on any atom is 0.411 e. The molecule has 7 heteroatoms. The summed E-state index contributed by atoms with van der Waals surface area (Å²) in [6.45, 7) is 1.46. The van der Waals surface area contributed by atoms with Gasteiger partial charge in [0, 0.05) is 30.4 Å². The Hall–Kier alpha value is -3.84. The van der Waals surface area contributed by atoms with Crippen molar-refractivity contribution in [2.45, 2.75) is 12.5 Å². The molecule has 3 rings (SSSR count). The first-order valence-electron chi connectivity index (χ1n) is 10.2. The molecule has 0 saturated heterocycles. The third kappa shape index (κ3) is 6.58. The van der Waals surface area contributed by atoms with E-state index in [-0.39, 0.29) is 5.92 Å². The first kappa shape index (κ1) is 22.8. The smallest absolute Gasteiger partial charge is 0.411 e. The van der Waals surface area contributed by atoms with Crippen molar-refractivity contribution < 1.29 is 19.1 Å². The fraction of sp³-hybridized carbons (Fsp3) is 0.200. The van der Waals surface area contributed by atoms with Crippen LogP contribution in [0.2, 0.25) is 0 Å². The van der Waals surface area contributed by atoms with Crippen molar-refractivity contribution in [1.82, 2.24) is 5.32 Å². The molecule has 0 aromatic heterocycles. The zero-order chi connectivity index (χ0) is 22.8. The molecule has 0 aliphatic heterocycles. The Bertz CT molecular complexity index is 944. The minimum atomic E-state index is -0.507. The molecule has 0 fully saturated rings. The van der Waals surface area contributed by atoms with Crippen molar-refractivity contribution in [1.29, 1.82) is 0 Å². The van der Waals surface area contributed by atoms with Crippen LogP contribution in [0.15, 0.2) is 78.9 Å². The highest BCUT2D eigenvalue weighted by Gasteiger charge is 2.15. The van der Waals surface area contributed by atoms with Crippen LogP contribution in [0.1, 0.15) is 22.6 Å². The monoisotopic (exact) mass is 433 g/mol. The van der Waals surface area contributed by atoms with Crippen LogP contribution in [0.25, 0.3) is 0 Å². The van der Waals surface area contributed by atoms with Gasteiger partial charge in [0.05, 0.1) is 14.2 Å². The lowest BCUT2D eigenvalue weighted by Crippen LogP contribution is -2.22. The van der Waals surface area contributed by atoms with Crippen LogP contribution in [-0.4, -0.2) is 33.0 Å². The zero-order valence-electron chi connectivity index (χ0n) is 18.1. The van der Waals surface area contributed by atoms with Gasteiger partial charge in [0.1, 0.15) is 0 Å². The number of hydrogen-bond acceptors (Lipinski definition) is 5. The molecule has 0 bridgehead atoms. The summed E-state index contributed by atoms with van der Waals surface area (Å²) in [7, 11) is 2.66. The Balaban J connectivity index is 1.77. The van der Waals surface area contributed by atoms with E-state index in [4.69, 9.17) is 0 Å². The van der Waals surface area contributed by atoms with E-state index in [2.05, 4.69) is 37.6 Å². The lowest BCUT2D eigenvalue weighted by molar-refractivity contribution is 0.186. The molecule has 166 valence electrons. The molecule has 0 unspecified atom stereocenters. The highest BCUT2D eigenvalue weighted by Crippen LogP contribution is 2.27. The topological polar surface area (TPSA) is 88.7 Å². The highest BCUT2D eigenvalue weighted by atomic mass is 16.5. The van der Waals surface area contributed by atoms with Gasteiger partial charge < -0.3 is 14.8 Å². The molecule has 0 aliphatic rings. The third-order valence-electron chi connectivity index (χ3n) is 5.01. The van der Waals surface area contributed by atoms with E-state index in [9.17, 15) is 9.59 Å². The fourth-order valence-electron chi connectivity index (χ4n) is 3.32. The fourth-order valence-corrected chi connectivity index (χ4v) is 3.32. The summed E-state index contributed by atoms with van der Waals surface area (Å²) in [5, 5.41) is 8.86. The highest BCUT2D eigenvalue weighted by molar-refractivity contribution is 5.85. The quantitative estimate of drug-likeness (QED) is 0.467. The van der Waals surface area contributed by atoms with Crippen molar-refractivity contribution >= 4 is 23.6 Å². The second-order valence-corrected chi connectivity index (χ2v) is 7.15. The molecular formula is C25H27N3O4. The minimum absolute atomic E-state index is 0.0677. The van der Waals surface area contributed by atoms with E-state index in [1.165, 1.54) is 19.8 Å². The Morgan fingerprint density at radius 2 is 1.19 bits per heavy atom.